The molecule has 6 nitrogen and oxygen atoms in total. The number of hydrogen-bond donors (Lipinski definition) is 1. The van der Waals surface area contributed by atoms with Crippen LogP contribution in [-0.4, -0.2) is 25.2 Å². The van der Waals surface area contributed by atoms with Crippen molar-refractivity contribution in [2.75, 3.05) is 0 Å². The molecule has 2 aromatic carbocycles. The van der Waals surface area contributed by atoms with E-state index in [0.717, 1.165) is 40.4 Å². The number of carbonyl (C=O) groups excluding carboxylic acids is 1. The summed E-state index contributed by atoms with van der Waals surface area (Å²) in [6.07, 6.45) is 0. The first kappa shape index (κ1) is 18.9. The summed E-state index contributed by atoms with van der Waals surface area (Å²) in [7, 11) is 0. The van der Waals surface area contributed by atoms with Crippen LogP contribution >= 0.6 is 0 Å². The fourth-order valence-electron chi connectivity index (χ4n) is 3.80. The maximum absolute atomic E-state index is 12.9. The third kappa shape index (κ3) is 3.66. The Bertz CT molecular complexity index is 1160. The first-order chi connectivity index (χ1) is 14.1. The van der Waals surface area contributed by atoms with Gasteiger partial charge >= 0.3 is 0 Å². The molecule has 0 fully saturated rings. The van der Waals surface area contributed by atoms with Gasteiger partial charge in [0, 0.05) is 12.2 Å². The standard InChI is InChI=1S/C23H25N5O/c1-4-27-20-13-9-8-12-19(20)25-21(27)14-24-23(29)22-16(2)26-28(17(22)3)15-18-10-6-5-7-11-18/h5-13H,4,14-15H2,1-3H3,(H,24,29). The molecule has 148 valence electrons. The second-order valence-corrected chi connectivity index (χ2v) is 7.13. The summed E-state index contributed by atoms with van der Waals surface area (Å²) in [6, 6.07) is 18.2. The van der Waals surface area contributed by atoms with Crippen LogP contribution in [0.1, 0.15) is 40.1 Å². The largest absolute Gasteiger partial charge is 0.345 e. The summed E-state index contributed by atoms with van der Waals surface area (Å²) in [5.74, 6) is 0.739. The second-order valence-electron chi connectivity index (χ2n) is 7.13. The lowest BCUT2D eigenvalue weighted by Crippen LogP contribution is -2.25. The number of aromatic nitrogens is 4. The van der Waals surface area contributed by atoms with E-state index >= 15 is 0 Å². The summed E-state index contributed by atoms with van der Waals surface area (Å²) in [5.41, 5.74) is 5.43. The molecule has 0 radical (unpaired) electrons. The van der Waals surface area contributed by atoms with Gasteiger partial charge in [0.25, 0.3) is 5.91 Å². The highest BCUT2D eigenvalue weighted by Crippen LogP contribution is 2.17. The van der Waals surface area contributed by atoms with Gasteiger partial charge in [-0.2, -0.15) is 5.10 Å². The van der Waals surface area contributed by atoms with Crippen LogP contribution in [0.2, 0.25) is 0 Å². The van der Waals surface area contributed by atoms with Gasteiger partial charge < -0.3 is 9.88 Å². The van der Waals surface area contributed by atoms with Gasteiger partial charge in [-0.3, -0.25) is 9.48 Å². The minimum Gasteiger partial charge on any atom is -0.345 e. The van der Waals surface area contributed by atoms with Crippen LogP contribution in [0.15, 0.2) is 54.6 Å². The van der Waals surface area contributed by atoms with E-state index in [4.69, 9.17) is 0 Å². The zero-order valence-corrected chi connectivity index (χ0v) is 17.0. The molecule has 2 heterocycles. The van der Waals surface area contributed by atoms with Gasteiger partial charge in [-0.25, -0.2) is 4.98 Å². The molecule has 4 rings (SSSR count). The number of fused-ring (bicyclic) bond motifs is 1. The first-order valence-corrected chi connectivity index (χ1v) is 9.88. The van der Waals surface area contributed by atoms with Gasteiger partial charge in [0.1, 0.15) is 5.82 Å². The molecule has 6 heteroatoms. The van der Waals surface area contributed by atoms with Gasteiger partial charge in [0.2, 0.25) is 0 Å². The number of para-hydroxylation sites is 2. The molecular formula is C23H25N5O. The lowest BCUT2D eigenvalue weighted by molar-refractivity contribution is 0.0948. The van der Waals surface area contributed by atoms with E-state index in [-0.39, 0.29) is 5.91 Å². The molecule has 0 saturated carbocycles. The molecule has 0 aliphatic rings. The van der Waals surface area contributed by atoms with Crippen LogP contribution in [0, 0.1) is 13.8 Å². The van der Waals surface area contributed by atoms with E-state index in [0.29, 0.717) is 18.7 Å². The number of nitrogens with zero attached hydrogens (tertiary/aromatic N) is 4. The van der Waals surface area contributed by atoms with E-state index in [2.05, 4.69) is 45.1 Å². The molecule has 0 aliphatic heterocycles. The van der Waals surface area contributed by atoms with Gasteiger partial charge in [-0.1, -0.05) is 42.5 Å². The van der Waals surface area contributed by atoms with E-state index in [9.17, 15) is 4.79 Å². The fraction of sp³-hybridized carbons (Fsp3) is 0.261. The lowest BCUT2D eigenvalue weighted by atomic mass is 10.1. The number of imidazole rings is 1. The van der Waals surface area contributed by atoms with Crippen molar-refractivity contribution in [1.82, 2.24) is 24.6 Å². The molecule has 29 heavy (non-hydrogen) atoms. The Balaban J connectivity index is 1.53. The minimum atomic E-state index is -0.117. The molecule has 0 atom stereocenters. The van der Waals surface area contributed by atoms with Crippen LogP contribution in [0.4, 0.5) is 0 Å². The highest BCUT2D eigenvalue weighted by molar-refractivity contribution is 5.96. The third-order valence-electron chi connectivity index (χ3n) is 5.24. The lowest BCUT2D eigenvalue weighted by Gasteiger charge is -2.09. The van der Waals surface area contributed by atoms with Crippen LogP contribution in [0.25, 0.3) is 11.0 Å². The maximum Gasteiger partial charge on any atom is 0.255 e. The smallest absolute Gasteiger partial charge is 0.255 e. The van der Waals surface area contributed by atoms with Gasteiger partial charge in [-0.15, -0.1) is 0 Å². The number of amides is 1. The number of nitrogens with one attached hydrogen (secondary N) is 1. The zero-order chi connectivity index (χ0) is 20.4. The molecule has 1 N–H and O–H groups in total. The molecule has 0 saturated heterocycles. The Morgan fingerprint density at radius 1 is 1.03 bits per heavy atom. The van der Waals surface area contributed by atoms with Gasteiger partial charge in [0.15, 0.2) is 0 Å². The van der Waals surface area contributed by atoms with Crippen molar-refractivity contribution in [2.24, 2.45) is 0 Å². The highest BCUT2D eigenvalue weighted by atomic mass is 16.1. The van der Waals surface area contributed by atoms with Crippen LogP contribution in [0.5, 0.6) is 0 Å². The molecule has 0 unspecified atom stereocenters. The van der Waals surface area contributed by atoms with Crippen LogP contribution in [-0.2, 0) is 19.6 Å². The quantitative estimate of drug-likeness (QED) is 0.547. The Morgan fingerprint density at radius 2 is 1.76 bits per heavy atom. The normalized spacial score (nSPS) is 11.1. The molecule has 1 amide bonds. The van der Waals surface area contributed by atoms with Crippen molar-refractivity contribution in [1.29, 1.82) is 0 Å². The van der Waals surface area contributed by atoms with Crippen molar-refractivity contribution in [3.8, 4) is 0 Å². The van der Waals surface area contributed by atoms with E-state index in [1.54, 1.807) is 0 Å². The Labute approximate surface area is 170 Å². The molecular weight excluding hydrogens is 362 g/mol. The molecule has 0 bridgehead atoms. The van der Waals surface area contributed by atoms with Gasteiger partial charge in [-0.05, 0) is 38.5 Å². The summed E-state index contributed by atoms with van der Waals surface area (Å²) >= 11 is 0. The average molecular weight is 387 g/mol. The fourth-order valence-corrected chi connectivity index (χ4v) is 3.80. The third-order valence-corrected chi connectivity index (χ3v) is 5.24. The number of carbonyl (C=O) groups is 1. The molecule has 4 aromatic rings. The number of hydrogen-bond acceptors (Lipinski definition) is 3. The summed E-state index contributed by atoms with van der Waals surface area (Å²) in [5, 5.41) is 7.62. The molecule has 2 aromatic heterocycles. The predicted molar refractivity (Wildman–Crippen MR) is 114 cm³/mol. The summed E-state index contributed by atoms with van der Waals surface area (Å²) in [4.78, 5) is 17.6. The molecule has 0 spiro atoms. The van der Waals surface area contributed by atoms with Crippen molar-refractivity contribution >= 4 is 16.9 Å². The van der Waals surface area contributed by atoms with Crippen molar-refractivity contribution in [3.63, 3.8) is 0 Å². The number of aryl methyl sites for hydroxylation is 2. The summed E-state index contributed by atoms with van der Waals surface area (Å²) < 4.78 is 4.02. The predicted octanol–water partition coefficient (Wildman–Crippen LogP) is 3.85. The van der Waals surface area contributed by atoms with E-state index in [1.165, 1.54) is 0 Å². The van der Waals surface area contributed by atoms with Crippen LogP contribution < -0.4 is 5.32 Å². The topological polar surface area (TPSA) is 64.7 Å². The molecule has 0 aliphatic carbocycles. The Kier molecular flexibility index (Phi) is 5.16. The average Bonchev–Trinajstić information content (AvgIpc) is 3.23. The SMILES string of the molecule is CCn1c(CNC(=O)c2c(C)nn(Cc3ccccc3)c2C)nc2ccccc21. The monoisotopic (exact) mass is 387 g/mol. The van der Waals surface area contributed by atoms with Crippen LogP contribution in [0.3, 0.4) is 0 Å². The second kappa shape index (κ2) is 7.91. The first-order valence-electron chi connectivity index (χ1n) is 9.88. The minimum absolute atomic E-state index is 0.117. The highest BCUT2D eigenvalue weighted by Gasteiger charge is 2.19. The van der Waals surface area contributed by atoms with Crippen molar-refractivity contribution in [2.45, 2.75) is 40.4 Å². The summed E-state index contributed by atoms with van der Waals surface area (Å²) in [6.45, 7) is 7.74. The zero-order valence-electron chi connectivity index (χ0n) is 17.0. The maximum atomic E-state index is 12.9. The van der Waals surface area contributed by atoms with Crippen molar-refractivity contribution < 1.29 is 4.79 Å². The van der Waals surface area contributed by atoms with E-state index < -0.39 is 0 Å². The van der Waals surface area contributed by atoms with E-state index in [1.807, 2.05) is 54.9 Å². The Hall–Kier alpha value is -3.41. The van der Waals surface area contributed by atoms with Crippen molar-refractivity contribution in [3.05, 3.63) is 82.9 Å². The van der Waals surface area contributed by atoms with Gasteiger partial charge in [0.05, 0.1) is 35.4 Å². The number of rotatable bonds is 6. The number of benzene rings is 2. The Morgan fingerprint density at radius 3 is 2.52 bits per heavy atom.